The van der Waals surface area contributed by atoms with E-state index in [1.54, 1.807) is 11.3 Å². The Balaban J connectivity index is 2.09. The number of allylic oxidation sites excluding steroid dienone is 2. The first-order valence-electron chi connectivity index (χ1n) is 9.84. The maximum absolute atomic E-state index is 10.8. The smallest absolute Gasteiger partial charge is 0.328 e. The number of hydrogen-bond acceptors (Lipinski definition) is 2. The molecular weight excluding hydrogens is 364 g/mol. The number of aryl methyl sites for hydroxylation is 1. The molecule has 3 heteroatoms. The van der Waals surface area contributed by atoms with Gasteiger partial charge in [-0.15, -0.1) is 11.3 Å². The third-order valence-electron chi connectivity index (χ3n) is 6.02. The van der Waals surface area contributed by atoms with Crippen molar-refractivity contribution < 1.29 is 9.90 Å². The molecule has 0 saturated carbocycles. The van der Waals surface area contributed by atoms with Gasteiger partial charge in [0, 0.05) is 11.0 Å². The number of rotatable bonds is 4. The molecule has 0 atom stereocenters. The first-order chi connectivity index (χ1) is 13.0. The van der Waals surface area contributed by atoms with Gasteiger partial charge >= 0.3 is 5.97 Å². The molecule has 148 valence electrons. The summed E-state index contributed by atoms with van der Waals surface area (Å²) in [7, 11) is 0. The van der Waals surface area contributed by atoms with Crippen LogP contribution < -0.4 is 0 Å². The Morgan fingerprint density at radius 1 is 1.11 bits per heavy atom. The van der Waals surface area contributed by atoms with Crippen LogP contribution in [0.3, 0.4) is 0 Å². The Morgan fingerprint density at radius 3 is 2.32 bits per heavy atom. The number of carboxylic acids is 1. The van der Waals surface area contributed by atoms with Crippen LogP contribution in [0, 0.1) is 6.92 Å². The van der Waals surface area contributed by atoms with Crippen molar-refractivity contribution in [3.63, 3.8) is 0 Å². The second-order valence-electron chi connectivity index (χ2n) is 9.25. The molecule has 0 bridgehead atoms. The first kappa shape index (κ1) is 20.6. The molecular formula is C25H30O2S. The third kappa shape index (κ3) is 4.00. The van der Waals surface area contributed by atoms with Gasteiger partial charge in [0.2, 0.25) is 0 Å². The topological polar surface area (TPSA) is 37.3 Å². The predicted octanol–water partition coefficient (Wildman–Crippen LogP) is 7.12. The molecule has 3 rings (SSSR count). The van der Waals surface area contributed by atoms with Crippen molar-refractivity contribution in [3.05, 3.63) is 63.6 Å². The predicted molar refractivity (Wildman–Crippen MR) is 120 cm³/mol. The van der Waals surface area contributed by atoms with E-state index in [0.29, 0.717) is 0 Å². The van der Waals surface area contributed by atoms with Crippen molar-refractivity contribution >= 4 is 23.4 Å². The van der Waals surface area contributed by atoms with Crippen molar-refractivity contribution in [1.29, 1.82) is 0 Å². The van der Waals surface area contributed by atoms with Crippen LogP contribution in [0.1, 0.15) is 69.7 Å². The second-order valence-corrected chi connectivity index (χ2v) is 10.2. The van der Waals surface area contributed by atoms with Gasteiger partial charge in [0.25, 0.3) is 0 Å². The molecule has 0 aliphatic heterocycles. The fourth-order valence-corrected chi connectivity index (χ4v) is 5.07. The van der Waals surface area contributed by atoms with Gasteiger partial charge in [-0.2, -0.15) is 0 Å². The number of hydrogen-bond donors (Lipinski definition) is 1. The summed E-state index contributed by atoms with van der Waals surface area (Å²) in [6, 6.07) is 6.92. The highest BCUT2D eigenvalue weighted by molar-refractivity contribution is 7.13. The average molecular weight is 395 g/mol. The summed E-state index contributed by atoms with van der Waals surface area (Å²) in [4.78, 5) is 12.1. The fourth-order valence-electron chi connectivity index (χ4n) is 4.10. The van der Waals surface area contributed by atoms with Crippen molar-refractivity contribution in [1.82, 2.24) is 0 Å². The van der Waals surface area contributed by atoms with E-state index in [2.05, 4.69) is 58.2 Å². The van der Waals surface area contributed by atoms with Gasteiger partial charge in [0.1, 0.15) is 0 Å². The average Bonchev–Trinajstić information content (AvgIpc) is 3.04. The first-order valence-corrected chi connectivity index (χ1v) is 10.7. The van der Waals surface area contributed by atoms with Gasteiger partial charge in [0.15, 0.2) is 0 Å². The van der Waals surface area contributed by atoms with Gasteiger partial charge in [-0.3, -0.25) is 0 Å². The normalized spacial score (nSPS) is 18.3. The molecule has 0 saturated heterocycles. The van der Waals surface area contributed by atoms with Crippen LogP contribution in [-0.2, 0) is 15.6 Å². The Kier molecular flexibility index (Phi) is 5.42. The number of thiophene rings is 1. The minimum atomic E-state index is -0.914. The van der Waals surface area contributed by atoms with Crippen molar-refractivity contribution in [2.45, 2.75) is 65.2 Å². The second kappa shape index (κ2) is 7.36. The summed E-state index contributed by atoms with van der Waals surface area (Å²) in [6.45, 7) is 13.4. The summed E-state index contributed by atoms with van der Waals surface area (Å²) in [5.41, 5.74) is 7.81. The lowest BCUT2D eigenvalue weighted by atomic mass is 9.62. The standard InChI is InChI=1S/C25H30O2S/c1-16(13-22(26)27)7-8-18-9-12-28-23(18)19-15-21-20(14-17(19)2)24(3,4)10-11-25(21,5)6/h7-9,12-15H,10-11H2,1-6H3,(H,26,27)/b8-7+,16-13+. The molecule has 1 aliphatic carbocycles. The molecule has 1 heterocycles. The molecule has 1 aromatic heterocycles. The summed E-state index contributed by atoms with van der Waals surface area (Å²) in [5, 5.41) is 11.0. The van der Waals surface area contributed by atoms with E-state index in [9.17, 15) is 4.79 Å². The number of carbonyl (C=O) groups is 1. The Bertz CT molecular complexity index is 970. The van der Waals surface area contributed by atoms with Crippen LogP contribution in [0.5, 0.6) is 0 Å². The molecule has 0 spiro atoms. The molecule has 1 aromatic carbocycles. The van der Waals surface area contributed by atoms with Crippen LogP contribution in [0.25, 0.3) is 16.5 Å². The lowest BCUT2D eigenvalue weighted by Gasteiger charge is -2.42. The van der Waals surface area contributed by atoms with E-state index in [1.165, 1.54) is 46.0 Å². The van der Waals surface area contributed by atoms with Gasteiger partial charge in [-0.1, -0.05) is 45.9 Å². The Labute approximate surface area is 172 Å². The van der Waals surface area contributed by atoms with Gasteiger partial charge in [-0.05, 0) is 88.4 Å². The zero-order chi connectivity index (χ0) is 20.7. The van der Waals surface area contributed by atoms with E-state index in [1.807, 2.05) is 19.1 Å². The Morgan fingerprint density at radius 2 is 1.71 bits per heavy atom. The van der Waals surface area contributed by atoms with Gasteiger partial charge in [-0.25, -0.2) is 4.79 Å². The lowest BCUT2D eigenvalue weighted by molar-refractivity contribution is -0.131. The van der Waals surface area contributed by atoms with E-state index >= 15 is 0 Å². The highest BCUT2D eigenvalue weighted by Crippen LogP contribution is 2.48. The largest absolute Gasteiger partial charge is 0.478 e. The maximum Gasteiger partial charge on any atom is 0.328 e. The summed E-state index contributed by atoms with van der Waals surface area (Å²) in [5.74, 6) is -0.914. The molecule has 2 aromatic rings. The van der Waals surface area contributed by atoms with Crippen LogP contribution in [0.4, 0.5) is 0 Å². The van der Waals surface area contributed by atoms with Crippen molar-refractivity contribution in [2.24, 2.45) is 0 Å². The van der Waals surface area contributed by atoms with Gasteiger partial charge in [0.05, 0.1) is 0 Å². The molecule has 2 nitrogen and oxygen atoms in total. The molecule has 1 aliphatic rings. The zero-order valence-corrected chi connectivity index (χ0v) is 18.5. The highest BCUT2D eigenvalue weighted by atomic mass is 32.1. The monoisotopic (exact) mass is 394 g/mol. The van der Waals surface area contributed by atoms with Crippen molar-refractivity contribution in [3.8, 4) is 10.4 Å². The van der Waals surface area contributed by atoms with Crippen LogP contribution >= 0.6 is 11.3 Å². The zero-order valence-electron chi connectivity index (χ0n) is 17.7. The van der Waals surface area contributed by atoms with Gasteiger partial charge < -0.3 is 5.11 Å². The van der Waals surface area contributed by atoms with Crippen molar-refractivity contribution in [2.75, 3.05) is 0 Å². The van der Waals surface area contributed by atoms with E-state index in [4.69, 9.17) is 5.11 Å². The molecule has 0 fully saturated rings. The summed E-state index contributed by atoms with van der Waals surface area (Å²) >= 11 is 1.75. The molecule has 28 heavy (non-hydrogen) atoms. The SMILES string of the molecule is CC(/C=C/c1ccsc1-c1cc2c(cc1C)C(C)(C)CCC2(C)C)=C\C(=O)O. The molecule has 0 unspecified atom stereocenters. The van der Waals surface area contributed by atoms with E-state index < -0.39 is 5.97 Å². The lowest BCUT2D eigenvalue weighted by Crippen LogP contribution is -2.34. The maximum atomic E-state index is 10.8. The fraction of sp³-hybridized carbons (Fsp3) is 0.400. The molecule has 1 N–H and O–H groups in total. The van der Waals surface area contributed by atoms with Crippen LogP contribution in [0.15, 0.2) is 41.3 Å². The third-order valence-corrected chi connectivity index (χ3v) is 6.98. The number of benzene rings is 1. The van der Waals surface area contributed by atoms with Crippen LogP contribution in [-0.4, -0.2) is 11.1 Å². The minimum Gasteiger partial charge on any atom is -0.478 e. The summed E-state index contributed by atoms with van der Waals surface area (Å²) in [6.07, 6.45) is 7.55. The molecule has 0 radical (unpaired) electrons. The van der Waals surface area contributed by atoms with E-state index in [-0.39, 0.29) is 10.8 Å². The quantitative estimate of drug-likeness (QED) is 0.443. The number of carboxylic acid groups (broad SMARTS) is 1. The highest BCUT2D eigenvalue weighted by Gasteiger charge is 2.37. The number of aliphatic carboxylic acids is 1. The van der Waals surface area contributed by atoms with Crippen LogP contribution in [0.2, 0.25) is 0 Å². The Hall–Kier alpha value is -2.13. The summed E-state index contributed by atoms with van der Waals surface area (Å²) < 4.78 is 0. The number of fused-ring (bicyclic) bond motifs is 1. The minimum absolute atomic E-state index is 0.182. The molecule has 0 amide bonds. The van der Waals surface area contributed by atoms with E-state index in [0.717, 1.165) is 11.1 Å².